The van der Waals surface area contributed by atoms with Crippen molar-refractivity contribution in [3.8, 4) is 0 Å². The van der Waals surface area contributed by atoms with Crippen LogP contribution in [0.1, 0.15) is 24.5 Å². The molecule has 128 valence electrons. The highest BCUT2D eigenvalue weighted by Crippen LogP contribution is 2.43. The smallest absolute Gasteiger partial charge is 0.437 e. The molecule has 1 saturated heterocycles. The van der Waals surface area contributed by atoms with Crippen molar-refractivity contribution in [2.24, 2.45) is 5.92 Å². The van der Waals surface area contributed by atoms with Gasteiger partial charge in [0.15, 0.2) is 0 Å². The van der Waals surface area contributed by atoms with Crippen molar-refractivity contribution in [3.63, 3.8) is 0 Å². The van der Waals surface area contributed by atoms with Crippen LogP contribution in [0.25, 0.3) is 0 Å². The summed E-state index contributed by atoms with van der Waals surface area (Å²) in [6, 6.07) is -0.0555. The minimum Gasteiger partial charge on any atom is -0.466 e. The summed E-state index contributed by atoms with van der Waals surface area (Å²) in [7, 11) is 0. The molecular weight excluding hydrogens is 321 g/mol. The van der Waals surface area contributed by atoms with Crippen LogP contribution in [0.3, 0.4) is 0 Å². The quantitative estimate of drug-likeness (QED) is 0.724. The SMILES string of the molecule is CCOC(=O)[C@@H]1[C@@H](c2ccc(C)o2)NC(=O)N[C@]1(O)C(F)(F)F. The van der Waals surface area contributed by atoms with E-state index < -0.39 is 35.9 Å². The molecule has 0 radical (unpaired) electrons. The van der Waals surface area contributed by atoms with Crippen LogP contribution in [0.4, 0.5) is 18.0 Å². The first kappa shape index (κ1) is 17.1. The standard InChI is InChI=1S/C13H15F3N2O5/c1-3-22-10(19)8-9(7-5-4-6(2)23-7)17-11(20)18-12(8,21)13(14,15)16/h4-5,8-9,21H,3H2,1-2H3,(H2,17,18,20)/t8-,9+,12+/m0/s1. The van der Waals surface area contributed by atoms with Gasteiger partial charge in [-0.05, 0) is 26.0 Å². The number of alkyl halides is 3. The predicted octanol–water partition coefficient (Wildman–Crippen LogP) is 1.37. The van der Waals surface area contributed by atoms with Gasteiger partial charge in [-0.2, -0.15) is 13.2 Å². The molecule has 1 aliphatic heterocycles. The lowest BCUT2D eigenvalue weighted by Crippen LogP contribution is -2.73. The number of carbonyl (C=O) groups is 2. The maximum Gasteiger partial charge on any atom is 0.437 e. The van der Waals surface area contributed by atoms with Crippen LogP contribution in [-0.4, -0.2) is 35.6 Å². The van der Waals surface area contributed by atoms with Crippen molar-refractivity contribution in [1.82, 2.24) is 10.6 Å². The van der Waals surface area contributed by atoms with Crippen LogP contribution in [0, 0.1) is 12.8 Å². The Morgan fingerprint density at radius 3 is 2.61 bits per heavy atom. The van der Waals surface area contributed by atoms with E-state index in [-0.39, 0.29) is 12.4 Å². The Bertz CT molecular complexity index is 615. The third-order valence-corrected chi connectivity index (χ3v) is 3.41. The second-order valence-corrected chi connectivity index (χ2v) is 5.02. The highest BCUT2D eigenvalue weighted by Gasteiger charge is 2.67. The van der Waals surface area contributed by atoms with Crippen LogP contribution < -0.4 is 10.6 Å². The van der Waals surface area contributed by atoms with E-state index in [0.29, 0.717) is 5.76 Å². The van der Waals surface area contributed by atoms with Crippen molar-refractivity contribution < 1.29 is 37.0 Å². The molecule has 10 heteroatoms. The molecular formula is C13H15F3N2O5. The van der Waals surface area contributed by atoms with Gasteiger partial charge in [0.25, 0.3) is 5.72 Å². The number of aryl methyl sites for hydroxylation is 1. The fourth-order valence-corrected chi connectivity index (χ4v) is 2.39. The number of aliphatic hydroxyl groups is 1. The van der Waals surface area contributed by atoms with Gasteiger partial charge in [0.05, 0.1) is 6.61 Å². The van der Waals surface area contributed by atoms with Crippen LogP contribution in [0.15, 0.2) is 16.5 Å². The van der Waals surface area contributed by atoms with Gasteiger partial charge in [0, 0.05) is 0 Å². The van der Waals surface area contributed by atoms with Crippen molar-refractivity contribution in [3.05, 3.63) is 23.7 Å². The molecule has 3 N–H and O–H groups in total. The lowest BCUT2D eigenvalue weighted by atomic mass is 9.84. The molecule has 1 fully saturated rings. The van der Waals surface area contributed by atoms with E-state index in [4.69, 9.17) is 4.42 Å². The minimum absolute atomic E-state index is 0.0990. The molecule has 3 atom stereocenters. The Labute approximate surface area is 128 Å². The summed E-state index contributed by atoms with van der Waals surface area (Å²) < 4.78 is 49.8. The third kappa shape index (κ3) is 2.98. The van der Waals surface area contributed by atoms with Crippen LogP contribution >= 0.6 is 0 Å². The van der Waals surface area contributed by atoms with Crippen LogP contribution in [0.2, 0.25) is 0 Å². The first-order valence-electron chi connectivity index (χ1n) is 6.71. The molecule has 0 unspecified atom stereocenters. The Kier molecular flexibility index (Phi) is 4.29. The number of halogens is 3. The number of amides is 2. The highest BCUT2D eigenvalue weighted by atomic mass is 19.4. The van der Waals surface area contributed by atoms with Crippen LogP contribution in [-0.2, 0) is 9.53 Å². The number of esters is 1. The average Bonchev–Trinajstić information content (AvgIpc) is 2.83. The monoisotopic (exact) mass is 336 g/mol. The fraction of sp³-hybridized carbons (Fsp3) is 0.538. The fourth-order valence-electron chi connectivity index (χ4n) is 2.39. The van der Waals surface area contributed by atoms with Crippen molar-refractivity contribution in [2.45, 2.75) is 31.8 Å². The maximum absolute atomic E-state index is 13.3. The molecule has 0 aliphatic carbocycles. The molecule has 2 rings (SSSR count). The van der Waals surface area contributed by atoms with Crippen molar-refractivity contribution in [2.75, 3.05) is 6.61 Å². The van der Waals surface area contributed by atoms with Gasteiger partial charge in [-0.25, -0.2) is 4.79 Å². The lowest BCUT2D eigenvalue weighted by Gasteiger charge is -2.43. The Hall–Kier alpha value is -2.23. The molecule has 1 aliphatic rings. The summed E-state index contributed by atoms with van der Waals surface area (Å²) in [5.74, 6) is -3.23. The summed E-state index contributed by atoms with van der Waals surface area (Å²) in [6.45, 7) is 2.76. The molecule has 2 amide bonds. The van der Waals surface area contributed by atoms with E-state index in [9.17, 15) is 27.9 Å². The second kappa shape index (κ2) is 5.76. The Balaban J connectivity index is 2.53. The molecule has 2 heterocycles. The first-order chi connectivity index (χ1) is 10.6. The van der Waals surface area contributed by atoms with E-state index in [1.807, 2.05) is 0 Å². The van der Waals surface area contributed by atoms with E-state index in [2.05, 4.69) is 10.1 Å². The average molecular weight is 336 g/mol. The van der Waals surface area contributed by atoms with E-state index >= 15 is 0 Å². The third-order valence-electron chi connectivity index (χ3n) is 3.41. The number of furan rings is 1. The van der Waals surface area contributed by atoms with Crippen molar-refractivity contribution >= 4 is 12.0 Å². The maximum atomic E-state index is 13.3. The minimum atomic E-state index is -5.30. The van der Waals surface area contributed by atoms with Gasteiger partial charge in [0.1, 0.15) is 23.5 Å². The Morgan fingerprint density at radius 1 is 1.48 bits per heavy atom. The van der Waals surface area contributed by atoms with Gasteiger partial charge in [-0.1, -0.05) is 0 Å². The zero-order valence-electron chi connectivity index (χ0n) is 12.2. The summed E-state index contributed by atoms with van der Waals surface area (Å²) >= 11 is 0. The molecule has 1 aromatic rings. The zero-order valence-corrected chi connectivity index (χ0v) is 12.2. The Morgan fingerprint density at radius 2 is 2.13 bits per heavy atom. The summed E-state index contributed by atoms with van der Waals surface area (Å²) in [5, 5.41) is 13.6. The van der Waals surface area contributed by atoms with Gasteiger partial charge in [0.2, 0.25) is 0 Å². The number of carbonyl (C=O) groups excluding carboxylic acids is 2. The normalized spacial score (nSPS) is 28.0. The second-order valence-electron chi connectivity index (χ2n) is 5.02. The molecule has 0 aromatic carbocycles. The lowest BCUT2D eigenvalue weighted by molar-refractivity contribution is -0.294. The number of rotatable bonds is 3. The summed E-state index contributed by atoms with van der Waals surface area (Å²) in [4.78, 5) is 23.6. The molecule has 0 spiro atoms. The van der Waals surface area contributed by atoms with E-state index in [0.717, 1.165) is 0 Å². The topological polar surface area (TPSA) is 101 Å². The van der Waals surface area contributed by atoms with Gasteiger partial charge < -0.3 is 24.9 Å². The molecule has 0 saturated carbocycles. The van der Waals surface area contributed by atoms with Gasteiger partial charge in [-0.3, -0.25) is 4.79 Å². The first-order valence-corrected chi connectivity index (χ1v) is 6.71. The van der Waals surface area contributed by atoms with E-state index in [1.165, 1.54) is 24.4 Å². The van der Waals surface area contributed by atoms with E-state index in [1.54, 1.807) is 6.92 Å². The number of hydrogen-bond donors (Lipinski definition) is 3. The van der Waals surface area contributed by atoms with Crippen LogP contribution in [0.5, 0.6) is 0 Å². The largest absolute Gasteiger partial charge is 0.466 e. The molecule has 1 aromatic heterocycles. The zero-order chi connectivity index (χ0) is 17.4. The molecule has 23 heavy (non-hydrogen) atoms. The highest BCUT2D eigenvalue weighted by molar-refractivity contribution is 5.83. The van der Waals surface area contributed by atoms with Gasteiger partial charge >= 0.3 is 18.2 Å². The predicted molar refractivity (Wildman–Crippen MR) is 69.0 cm³/mol. The van der Waals surface area contributed by atoms with Gasteiger partial charge in [-0.15, -0.1) is 0 Å². The van der Waals surface area contributed by atoms with Crippen molar-refractivity contribution in [1.29, 1.82) is 0 Å². The molecule has 0 bridgehead atoms. The summed E-state index contributed by atoms with van der Waals surface area (Å²) in [6.07, 6.45) is -5.30. The number of urea groups is 1. The summed E-state index contributed by atoms with van der Waals surface area (Å²) in [5.41, 5.74) is -3.78. The number of hydrogen-bond acceptors (Lipinski definition) is 5. The number of nitrogens with one attached hydrogen (secondary N) is 2. The molecule has 7 nitrogen and oxygen atoms in total. The number of ether oxygens (including phenoxy) is 1.